The molecule has 8 nitrogen and oxygen atoms in total. The number of aromatic amines is 1. The van der Waals surface area contributed by atoms with E-state index in [1.165, 1.54) is 6.20 Å². The highest BCUT2D eigenvalue weighted by molar-refractivity contribution is 5.98. The molecule has 1 amide bonds. The van der Waals surface area contributed by atoms with Gasteiger partial charge in [-0.25, -0.2) is 9.78 Å². The number of nitrogens with one attached hydrogen (secondary N) is 2. The molecule has 30 heavy (non-hydrogen) atoms. The number of hydrogen-bond donors (Lipinski definition) is 2. The molecule has 0 saturated carbocycles. The SMILES string of the molecule is CCC(OC(=O)c1ccc2nc(-c3cccnc3)[nH]c2c1)C(=O)Nc1cccnc1. The molecule has 3 heterocycles. The first kappa shape index (κ1) is 19.3. The maximum absolute atomic E-state index is 12.6. The van der Waals surface area contributed by atoms with E-state index in [1.807, 2.05) is 12.1 Å². The van der Waals surface area contributed by atoms with Gasteiger partial charge in [-0.3, -0.25) is 14.8 Å². The quantitative estimate of drug-likeness (QED) is 0.478. The number of benzene rings is 1. The highest BCUT2D eigenvalue weighted by Gasteiger charge is 2.22. The Labute approximate surface area is 172 Å². The number of anilines is 1. The number of imidazole rings is 1. The minimum Gasteiger partial charge on any atom is -0.449 e. The standard InChI is InChI=1S/C22H19N5O3/c1-2-19(21(28)25-16-6-4-10-24-13-16)30-22(29)14-7-8-17-18(11-14)27-20(26-17)15-5-3-9-23-12-15/h3-13,19H,2H2,1H3,(H,25,28)(H,26,27). The van der Waals surface area contributed by atoms with Gasteiger partial charge in [0.15, 0.2) is 6.10 Å². The molecule has 0 fully saturated rings. The summed E-state index contributed by atoms with van der Waals surface area (Å²) < 4.78 is 5.44. The van der Waals surface area contributed by atoms with Crippen molar-refractivity contribution in [1.82, 2.24) is 19.9 Å². The van der Waals surface area contributed by atoms with E-state index in [1.54, 1.807) is 55.8 Å². The fraction of sp³-hybridized carbons (Fsp3) is 0.136. The van der Waals surface area contributed by atoms with Gasteiger partial charge in [-0.15, -0.1) is 0 Å². The summed E-state index contributed by atoms with van der Waals surface area (Å²) in [4.78, 5) is 40.8. The van der Waals surface area contributed by atoms with Crippen molar-refractivity contribution in [2.45, 2.75) is 19.4 Å². The van der Waals surface area contributed by atoms with Gasteiger partial charge < -0.3 is 15.0 Å². The number of amides is 1. The van der Waals surface area contributed by atoms with E-state index in [9.17, 15) is 9.59 Å². The van der Waals surface area contributed by atoms with Crippen LogP contribution >= 0.6 is 0 Å². The largest absolute Gasteiger partial charge is 0.449 e. The maximum atomic E-state index is 12.6. The van der Waals surface area contributed by atoms with Crippen molar-refractivity contribution in [2.24, 2.45) is 0 Å². The number of hydrogen-bond acceptors (Lipinski definition) is 6. The van der Waals surface area contributed by atoms with E-state index in [0.29, 0.717) is 34.5 Å². The van der Waals surface area contributed by atoms with Crippen LogP contribution in [0.3, 0.4) is 0 Å². The van der Waals surface area contributed by atoms with E-state index in [-0.39, 0.29) is 0 Å². The zero-order chi connectivity index (χ0) is 20.9. The van der Waals surface area contributed by atoms with Gasteiger partial charge in [0, 0.05) is 24.2 Å². The van der Waals surface area contributed by atoms with Crippen molar-refractivity contribution in [3.05, 3.63) is 72.8 Å². The molecule has 0 aliphatic heterocycles. The number of aromatic nitrogens is 4. The average molecular weight is 401 g/mol. The summed E-state index contributed by atoms with van der Waals surface area (Å²) in [5.41, 5.74) is 3.12. The minimum atomic E-state index is -0.916. The summed E-state index contributed by atoms with van der Waals surface area (Å²) in [5.74, 6) is -0.325. The topological polar surface area (TPSA) is 110 Å². The van der Waals surface area contributed by atoms with Gasteiger partial charge in [-0.1, -0.05) is 6.92 Å². The highest BCUT2D eigenvalue weighted by Crippen LogP contribution is 2.21. The Morgan fingerprint density at radius 3 is 2.60 bits per heavy atom. The lowest BCUT2D eigenvalue weighted by molar-refractivity contribution is -0.124. The van der Waals surface area contributed by atoms with E-state index >= 15 is 0 Å². The predicted molar refractivity (Wildman–Crippen MR) is 112 cm³/mol. The van der Waals surface area contributed by atoms with Gasteiger partial charge in [0.1, 0.15) is 5.82 Å². The lowest BCUT2D eigenvalue weighted by atomic mass is 10.2. The molecule has 0 bridgehead atoms. The van der Waals surface area contributed by atoms with Crippen molar-refractivity contribution in [3.63, 3.8) is 0 Å². The monoisotopic (exact) mass is 401 g/mol. The first-order valence-electron chi connectivity index (χ1n) is 9.46. The lowest BCUT2D eigenvalue weighted by Gasteiger charge is -2.16. The number of fused-ring (bicyclic) bond motifs is 1. The number of nitrogens with zero attached hydrogens (tertiary/aromatic N) is 3. The molecule has 0 saturated heterocycles. The second-order valence-corrected chi connectivity index (χ2v) is 6.59. The molecule has 3 aromatic heterocycles. The molecular weight excluding hydrogens is 382 g/mol. The molecule has 4 aromatic rings. The predicted octanol–water partition coefficient (Wildman–Crippen LogP) is 3.59. The van der Waals surface area contributed by atoms with Crippen LogP contribution in [-0.4, -0.2) is 37.9 Å². The van der Waals surface area contributed by atoms with Gasteiger partial charge in [-0.2, -0.15) is 0 Å². The Balaban J connectivity index is 1.50. The van der Waals surface area contributed by atoms with Gasteiger partial charge in [0.25, 0.3) is 5.91 Å². The summed E-state index contributed by atoms with van der Waals surface area (Å²) in [5, 5.41) is 2.70. The molecule has 1 atom stereocenters. The highest BCUT2D eigenvalue weighted by atomic mass is 16.5. The molecule has 150 valence electrons. The molecule has 0 aliphatic carbocycles. The summed E-state index contributed by atoms with van der Waals surface area (Å²) in [6.45, 7) is 1.78. The molecule has 0 aliphatic rings. The molecule has 4 rings (SSSR count). The van der Waals surface area contributed by atoms with Crippen molar-refractivity contribution in [2.75, 3.05) is 5.32 Å². The summed E-state index contributed by atoms with van der Waals surface area (Å²) in [6, 6.07) is 12.2. The average Bonchev–Trinajstić information content (AvgIpc) is 3.22. The summed E-state index contributed by atoms with van der Waals surface area (Å²) in [6.07, 6.45) is 5.96. The van der Waals surface area contributed by atoms with Gasteiger partial charge >= 0.3 is 5.97 Å². The molecule has 2 N–H and O–H groups in total. The first-order chi connectivity index (χ1) is 14.6. The molecule has 1 aromatic carbocycles. The number of carbonyl (C=O) groups is 2. The van der Waals surface area contributed by atoms with Crippen LogP contribution in [0, 0.1) is 0 Å². The smallest absolute Gasteiger partial charge is 0.338 e. The van der Waals surface area contributed by atoms with Gasteiger partial charge in [-0.05, 0) is 48.9 Å². The van der Waals surface area contributed by atoms with Crippen molar-refractivity contribution in [1.29, 1.82) is 0 Å². The molecular formula is C22H19N5O3. The third-order valence-electron chi connectivity index (χ3n) is 4.49. The van der Waals surface area contributed by atoms with E-state index < -0.39 is 18.0 Å². The lowest BCUT2D eigenvalue weighted by Crippen LogP contribution is -2.32. The first-order valence-corrected chi connectivity index (χ1v) is 9.46. The number of H-pyrrole nitrogens is 1. The van der Waals surface area contributed by atoms with Crippen LogP contribution in [0.1, 0.15) is 23.7 Å². The van der Waals surface area contributed by atoms with Crippen LogP contribution < -0.4 is 5.32 Å². The molecule has 1 unspecified atom stereocenters. The Kier molecular flexibility index (Phi) is 5.47. The fourth-order valence-electron chi connectivity index (χ4n) is 2.96. The van der Waals surface area contributed by atoms with Crippen molar-refractivity contribution < 1.29 is 14.3 Å². The van der Waals surface area contributed by atoms with Gasteiger partial charge in [0.2, 0.25) is 0 Å². The second-order valence-electron chi connectivity index (χ2n) is 6.59. The summed E-state index contributed by atoms with van der Waals surface area (Å²) in [7, 11) is 0. The summed E-state index contributed by atoms with van der Waals surface area (Å²) >= 11 is 0. The Morgan fingerprint density at radius 1 is 1.10 bits per heavy atom. The number of carbonyl (C=O) groups excluding carboxylic acids is 2. The van der Waals surface area contributed by atoms with E-state index in [0.717, 1.165) is 5.56 Å². The van der Waals surface area contributed by atoms with E-state index in [4.69, 9.17) is 4.74 Å². The molecule has 8 heteroatoms. The fourth-order valence-corrected chi connectivity index (χ4v) is 2.96. The normalized spacial score (nSPS) is 11.8. The van der Waals surface area contributed by atoms with Crippen LogP contribution in [0.15, 0.2) is 67.3 Å². The third-order valence-corrected chi connectivity index (χ3v) is 4.49. The van der Waals surface area contributed by atoms with Crippen LogP contribution in [-0.2, 0) is 9.53 Å². The second kappa shape index (κ2) is 8.52. The minimum absolute atomic E-state index is 0.330. The van der Waals surface area contributed by atoms with Gasteiger partial charge in [0.05, 0.1) is 28.5 Å². The van der Waals surface area contributed by atoms with Crippen LogP contribution in [0.25, 0.3) is 22.4 Å². The Hall–Kier alpha value is -4.07. The third kappa shape index (κ3) is 4.17. The van der Waals surface area contributed by atoms with Crippen LogP contribution in [0.5, 0.6) is 0 Å². The Morgan fingerprint density at radius 2 is 1.90 bits per heavy atom. The Bertz CT molecular complexity index is 1180. The maximum Gasteiger partial charge on any atom is 0.338 e. The number of ether oxygens (including phenoxy) is 1. The number of rotatable bonds is 6. The van der Waals surface area contributed by atoms with E-state index in [2.05, 4.69) is 25.3 Å². The molecule has 0 spiro atoms. The number of pyridine rings is 2. The molecule has 0 radical (unpaired) electrons. The zero-order valence-corrected chi connectivity index (χ0v) is 16.2. The van der Waals surface area contributed by atoms with Crippen LogP contribution in [0.4, 0.5) is 5.69 Å². The zero-order valence-electron chi connectivity index (χ0n) is 16.2. The van der Waals surface area contributed by atoms with Crippen LogP contribution in [0.2, 0.25) is 0 Å². The van der Waals surface area contributed by atoms with Crippen molar-refractivity contribution in [3.8, 4) is 11.4 Å². The number of esters is 1. The van der Waals surface area contributed by atoms with Crippen molar-refractivity contribution >= 4 is 28.6 Å².